The van der Waals surface area contributed by atoms with Crippen LogP contribution < -0.4 is 0 Å². The minimum atomic E-state index is -1.39. The Hall–Kier alpha value is -2.55. The molecule has 47 heavy (non-hydrogen) atoms. The highest BCUT2D eigenvalue weighted by atomic mass is 16.6. The first-order valence-corrected chi connectivity index (χ1v) is 17.5. The number of methoxy groups -OCH3 is 2. The van der Waals surface area contributed by atoms with Gasteiger partial charge in [-0.25, -0.2) is 4.79 Å². The molecule has 10 atom stereocenters. The van der Waals surface area contributed by atoms with Crippen molar-refractivity contribution in [3.05, 3.63) is 12.2 Å². The largest absolute Gasteiger partial charge is 0.469 e. The van der Waals surface area contributed by atoms with Crippen LogP contribution in [0.2, 0.25) is 0 Å². The molecule has 0 amide bonds. The van der Waals surface area contributed by atoms with Crippen LogP contribution >= 0.6 is 0 Å². The summed E-state index contributed by atoms with van der Waals surface area (Å²) in [7, 11) is 2.46. The van der Waals surface area contributed by atoms with Crippen LogP contribution in [0.1, 0.15) is 106 Å². The van der Waals surface area contributed by atoms with Crippen LogP contribution in [-0.2, 0) is 42.9 Å². The van der Waals surface area contributed by atoms with E-state index in [0.29, 0.717) is 25.2 Å². The molecule has 0 radical (unpaired) electrons. The topological polar surface area (TPSA) is 122 Å². The third-order valence-corrected chi connectivity index (χ3v) is 13.3. The lowest BCUT2D eigenvalue weighted by Gasteiger charge is -2.58. The lowest BCUT2D eigenvalue weighted by Crippen LogP contribution is -2.56. The van der Waals surface area contributed by atoms with Crippen molar-refractivity contribution in [3.8, 4) is 0 Å². The lowest BCUT2D eigenvalue weighted by atomic mass is 9.46. The number of hydrogen-bond acceptors (Lipinski definition) is 9. The van der Waals surface area contributed by atoms with Gasteiger partial charge < -0.3 is 28.5 Å². The van der Waals surface area contributed by atoms with E-state index >= 15 is 0 Å². The van der Waals surface area contributed by atoms with Gasteiger partial charge in [0.2, 0.25) is 0 Å². The van der Waals surface area contributed by atoms with Crippen molar-refractivity contribution in [2.45, 2.75) is 118 Å². The van der Waals surface area contributed by atoms with Gasteiger partial charge in [-0.15, -0.1) is 0 Å². The van der Waals surface area contributed by atoms with Crippen LogP contribution in [0.5, 0.6) is 0 Å². The van der Waals surface area contributed by atoms with Crippen LogP contribution in [0.25, 0.3) is 0 Å². The summed E-state index contributed by atoms with van der Waals surface area (Å²) in [6.45, 7) is 17.8. The number of carbonyl (C=O) groups is 5. The molecule has 0 bridgehead atoms. The molecule has 0 spiro atoms. The first-order chi connectivity index (χ1) is 22.0. The zero-order chi connectivity index (χ0) is 34.9. The van der Waals surface area contributed by atoms with Gasteiger partial charge in [0.1, 0.15) is 24.6 Å². The summed E-state index contributed by atoms with van der Waals surface area (Å²) in [5, 5.41) is 0. The van der Waals surface area contributed by atoms with Crippen molar-refractivity contribution in [2.75, 3.05) is 20.8 Å². The first kappa shape index (κ1) is 37.3. The number of hydrogen-bond donors (Lipinski definition) is 0. The maximum atomic E-state index is 14.1. The molecule has 4 rings (SSSR count). The molecule has 264 valence electrons. The Labute approximate surface area is 281 Å². The van der Waals surface area contributed by atoms with Gasteiger partial charge in [-0.1, -0.05) is 60.1 Å². The lowest BCUT2D eigenvalue weighted by molar-refractivity contribution is -0.188. The van der Waals surface area contributed by atoms with Gasteiger partial charge in [0.05, 0.1) is 27.2 Å². The Balaban J connectivity index is 1.60. The highest BCUT2D eigenvalue weighted by Crippen LogP contribution is 2.62. The van der Waals surface area contributed by atoms with Crippen LogP contribution in [0.15, 0.2) is 12.2 Å². The second-order valence-corrected chi connectivity index (χ2v) is 16.9. The second kappa shape index (κ2) is 14.1. The highest BCUT2D eigenvalue weighted by Gasteiger charge is 2.58. The van der Waals surface area contributed by atoms with Gasteiger partial charge in [-0.3, -0.25) is 9.59 Å². The molecule has 9 heteroatoms. The number of carbonyl (C=O) groups excluding carboxylic acids is 5. The number of aldehydes is 2. The maximum Gasteiger partial charge on any atom is 0.335 e. The van der Waals surface area contributed by atoms with E-state index in [2.05, 4.69) is 41.2 Å². The first-order valence-electron chi connectivity index (χ1n) is 17.5. The molecule has 4 saturated carbocycles. The highest BCUT2D eigenvalue weighted by molar-refractivity contribution is 5.87. The fourth-order valence-corrected chi connectivity index (χ4v) is 11.0. The minimum Gasteiger partial charge on any atom is -0.469 e. The molecular weight excluding hydrogens is 600 g/mol. The summed E-state index contributed by atoms with van der Waals surface area (Å²) in [6, 6.07) is 0. The van der Waals surface area contributed by atoms with Gasteiger partial charge in [0.15, 0.2) is 6.10 Å². The second-order valence-electron chi connectivity index (χ2n) is 16.9. The molecule has 4 fully saturated rings. The van der Waals surface area contributed by atoms with E-state index in [0.717, 1.165) is 56.7 Å². The molecule has 0 N–H and O–H groups in total. The quantitative estimate of drug-likeness (QED) is 0.109. The molecule has 4 aliphatic rings. The van der Waals surface area contributed by atoms with Crippen molar-refractivity contribution >= 4 is 30.5 Å². The summed E-state index contributed by atoms with van der Waals surface area (Å²) in [6.07, 6.45) is 6.99. The van der Waals surface area contributed by atoms with E-state index in [9.17, 15) is 24.0 Å². The fourth-order valence-electron chi connectivity index (χ4n) is 11.0. The summed E-state index contributed by atoms with van der Waals surface area (Å²) in [4.78, 5) is 64.4. The Bertz CT molecular complexity index is 1220. The molecule has 0 aliphatic heterocycles. The van der Waals surface area contributed by atoms with Crippen LogP contribution in [0.3, 0.4) is 0 Å². The zero-order valence-electron chi connectivity index (χ0n) is 29.9. The maximum absolute atomic E-state index is 14.1. The van der Waals surface area contributed by atoms with Crippen LogP contribution in [-0.4, -0.2) is 63.5 Å². The summed E-state index contributed by atoms with van der Waals surface area (Å²) in [5.41, 5.74) is 0.320. The van der Waals surface area contributed by atoms with Crippen LogP contribution in [0, 0.1) is 57.2 Å². The van der Waals surface area contributed by atoms with Crippen molar-refractivity contribution in [1.29, 1.82) is 0 Å². The van der Waals surface area contributed by atoms with Crippen molar-refractivity contribution in [3.63, 3.8) is 0 Å². The third kappa shape index (κ3) is 7.11. The molecule has 7 unspecified atom stereocenters. The van der Waals surface area contributed by atoms with E-state index < -0.39 is 53.8 Å². The summed E-state index contributed by atoms with van der Waals surface area (Å²) in [5.74, 6) is -3.77. The number of rotatable bonds is 11. The van der Waals surface area contributed by atoms with Crippen LogP contribution in [0.4, 0.5) is 0 Å². The van der Waals surface area contributed by atoms with E-state index in [4.69, 9.17) is 18.9 Å². The smallest absolute Gasteiger partial charge is 0.335 e. The Kier molecular flexibility index (Phi) is 11.2. The van der Waals surface area contributed by atoms with Gasteiger partial charge >= 0.3 is 17.9 Å². The SMILES string of the molecule is C=C1CC[C@H]2C(C)(C)CCCC2(C)C1COC(C(=O)OC)C(CC(=O)OC)C(=O)O[C@H]1CC(C)(C)[C@@H]2CCC(C=O)C(C=O)C2(C)C1. The molecule has 0 aromatic rings. The molecular formula is C38H58O9. The predicted octanol–water partition coefficient (Wildman–Crippen LogP) is 6.30. The Morgan fingerprint density at radius 3 is 2.15 bits per heavy atom. The van der Waals surface area contributed by atoms with Crippen molar-refractivity contribution in [1.82, 2.24) is 0 Å². The Morgan fingerprint density at radius 2 is 1.53 bits per heavy atom. The average Bonchev–Trinajstić information content (AvgIpc) is 2.99. The third-order valence-electron chi connectivity index (χ3n) is 13.3. The summed E-state index contributed by atoms with van der Waals surface area (Å²) < 4.78 is 22.6. The fraction of sp³-hybridized carbons (Fsp3) is 0.816. The Morgan fingerprint density at radius 1 is 0.851 bits per heavy atom. The van der Waals surface area contributed by atoms with Crippen molar-refractivity contribution in [2.24, 2.45) is 57.2 Å². The number of esters is 3. The van der Waals surface area contributed by atoms with E-state index in [-0.39, 0.29) is 40.6 Å². The molecule has 9 nitrogen and oxygen atoms in total. The van der Waals surface area contributed by atoms with E-state index in [1.54, 1.807) is 0 Å². The van der Waals surface area contributed by atoms with Gasteiger partial charge in [0, 0.05) is 17.8 Å². The monoisotopic (exact) mass is 658 g/mol. The molecule has 0 heterocycles. The number of ether oxygens (including phenoxy) is 4. The zero-order valence-corrected chi connectivity index (χ0v) is 29.9. The average molecular weight is 659 g/mol. The molecule has 4 aliphatic carbocycles. The normalized spacial score (nSPS) is 37.2. The minimum absolute atomic E-state index is 0.0313. The predicted molar refractivity (Wildman–Crippen MR) is 176 cm³/mol. The van der Waals surface area contributed by atoms with Gasteiger partial charge in [-0.05, 0) is 84.9 Å². The van der Waals surface area contributed by atoms with E-state index in [1.807, 2.05) is 6.92 Å². The number of fused-ring (bicyclic) bond motifs is 2. The molecule has 0 saturated heterocycles. The van der Waals surface area contributed by atoms with E-state index in [1.165, 1.54) is 14.2 Å². The molecule has 0 aromatic carbocycles. The van der Waals surface area contributed by atoms with Gasteiger partial charge in [-0.2, -0.15) is 0 Å². The summed E-state index contributed by atoms with van der Waals surface area (Å²) >= 11 is 0. The van der Waals surface area contributed by atoms with Gasteiger partial charge in [0.25, 0.3) is 0 Å². The standard InChI is InChI=1S/C38H58O9/c1-23-11-13-29-35(2,3)15-10-16-37(29,6)28(23)22-46-32(34(43)45-9)26(17-31(41)44-8)33(42)47-25-18-36(4,5)30-14-12-24(20-39)27(21-40)38(30,7)19-25/h20-21,24-30,32H,1,10-19,22H2,2-9H3/t24?,25-,26?,27?,28?,29-,30-,32?,37?,38?/m0/s1. The molecule has 0 aromatic heterocycles. The van der Waals surface area contributed by atoms with Crippen molar-refractivity contribution < 1.29 is 42.9 Å².